The van der Waals surface area contributed by atoms with Crippen LogP contribution in [0.25, 0.3) is 67.3 Å². The quantitative estimate of drug-likeness (QED) is 0.0781. The fraction of sp³-hybridized carbons (Fsp3) is 0.0179. The van der Waals surface area contributed by atoms with Gasteiger partial charge >= 0.3 is 0 Å². The van der Waals surface area contributed by atoms with Gasteiger partial charge in [-0.3, -0.25) is 9.79 Å². The van der Waals surface area contributed by atoms with Gasteiger partial charge in [-0.25, -0.2) is 24.9 Å². The highest BCUT2D eigenvalue weighted by Gasteiger charge is 2.19. The van der Waals surface area contributed by atoms with Crippen molar-refractivity contribution in [1.82, 2.24) is 15.0 Å². The van der Waals surface area contributed by atoms with Gasteiger partial charge in [0.05, 0.1) is 0 Å². The summed E-state index contributed by atoms with van der Waals surface area (Å²) in [6.45, 7) is 3.75. The van der Waals surface area contributed by atoms with E-state index < -0.39 is 0 Å². The molecular formula is C56H40N6O. The fourth-order valence-corrected chi connectivity index (χ4v) is 7.70. The first kappa shape index (κ1) is 39.9. The number of benzene rings is 8. The molecule has 9 rings (SSSR count). The highest BCUT2D eigenvalue weighted by Crippen LogP contribution is 2.35. The van der Waals surface area contributed by atoms with Crippen molar-refractivity contribution >= 4 is 24.2 Å². The molecule has 1 heterocycles. The zero-order valence-corrected chi connectivity index (χ0v) is 34.5. The van der Waals surface area contributed by atoms with E-state index in [1.807, 2.05) is 152 Å². The molecule has 0 radical (unpaired) electrons. The second-order valence-corrected chi connectivity index (χ2v) is 14.7. The minimum atomic E-state index is -0.0585. The third kappa shape index (κ3) is 8.71. The number of aliphatic imine (C=N–C) groups is 3. The zero-order valence-electron chi connectivity index (χ0n) is 34.5. The minimum absolute atomic E-state index is 0.0585. The van der Waals surface area contributed by atoms with Crippen LogP contribution in [0.3, 0.4) is 0 Å². The van der Waals surface area contributed by atoms with Crippen molar-refractivity contribution in [3.8, 4) is 67.3 Å². The smallest absolute Gasteiger partial charge is 0.194 e. The number of carbonyl (C=O) groups excluding carboxylic acids is 1. The zero-order chi connectivity index (χ0) is 43.0. The number of aromatic nitrogens is 3. The lowest BCUT2D eigenvalue weighted by Crippen LogP contribution is -2.05. The molecule has 300 valence electrons. The van der Waals surface area contributed by atoms with E-state index in [4.69, 9.17) is 9.98 Å². The fourth-order valence-electron chi connectivity index (χ4n) is 7.70. The summed E-state index contributed by atoms with van der Waals surface area (Å²) in [6, 6.07) is 68.1. The highest BCUT2D eigenvalue weighted by atomic mass is 16.1. The van der Waals surface area contributed by atoms with E-state index in [0.29, 0.717) is 34.4 Å². The van der Waals surface area contributed by atoms with Crippen molar-refractivity contribution in [3.63, 3.8) is 0 Å². The lowest BCUT2D eigenvalue weighted by atomic mass is 9.88. The molecule has 7 nitrogen and oxygen atoms in total. The summed E-state index contributed by atoms with van der Waals surface area (Å²) in [6.07, 6.45) is 1.55. The summed E-state index contributed by atoms with van der Waals surface area (Å²) in [5.41, 5.74) is 12.3. The molecular weight excluding hydrogens is 773 g/mol. The topological polar surface area (TPSA) is 92.8 Å². The monoisotopic (exact) mass is 812 g/mol. The molecule has 0 aliphatic rings. The molecule has 7 heteroatoms. The molecule has 9 aromatic rings. The molecule has 0 unspecified atom stereocenters. The number of ketones is 1. The number of nitrogens with zero attached hydrogens (tertiary/aromatic N) is 6. The first-order valence-electron chi connectivity index (χ1n) is 20.5. The number of hydrogen-bond acceptors (Lipinski definition) is 5. The van der Waals surface area contributed by atoms with Crippen LogP contribution < -0.4 is 0 Å². The van der Waals surface area contributed by atoms with Crippen molar-refractivity contribution in [1.29, 1.82) is 0 Å². The minimum Gasteiger partial charge on any atom is -0.289 e. The Labute approximate surface area is 366 Å². The van der Waals surface area contributed by atoms with Gasteiger partial charge in [0.15, 0.2) is 29.1 Å². The van der Waals surface area contributed by atoms with E-state index in [1.54, 1.807) is 13.4 Å². The van der Waals surface area contributed by atoms with E-state index in [-0.39, 0.29) is 5.78 Å². The van der Waals surface area contributed by atoms with Gasteiger partial charge < -0.3 is 0 Å². The second-order valence-electron chi connectivity index (χ2n) is 14.7. The highest BCUT2D eigenvalue weighted by molar-refractivity contribution is 6.16. The molecule has 0 saturated carbocycles. The van der Waals surface area contributed by atoms with Gasteiger partial charge in [0, 0.05) is 40.4 Å². The summed E-state index contributed by atoms with van der Waals surface area (Å²) in [5.74, 6) is 2.21. The van der Waals surface area contributed by atoms with Crippen LogP contribution in [0.4, 0.5) is 0 Å². The van der Waals surface area contributed by atoms with Crippen LogP contribution in [0.2, 0.25) is 0 Å². The summed E-state index contributed by atoms with van der Waals surface area (Å²) < 4.78 is 0. The van der Waals surface area contributed by atoms with Gasteiger partial charge in [-0.1, -0.05) is 182 Å². The third-order valence-electron chi connectivity index (χ3n) is 10.8. The van der Waals surface area contributed by atoms with Crippen LogP contribution in [-0.4, -0.2) is 46.2 Å². The average Bonchev–Trinajstić information content (AvgIpc) is 3.37. The molecule has 0 amide bonds. The third-order valence-corrected chi connectivity index (χ3v) is 10.8. The van der Waals surface area contributed by atoms with Crippen LogP contribution in [-0.2, 0) is 0 Å². The predicted molar refractivity (Wildman–Crippen MR) is 257 cm³/mol. The Kier molecular flexibility index (Phi) is 11.6. The maximum atomic E-state index is 14.8. The molecule has 63 heavy (non-hydrogen) atoms. The van der Waals surface area contributed by atoms with Gasteiger partial charge in [0.25, 0.3) is 0 Å². The van der Waals surface area contributed by atoms with Crippen molar-refractivity contribution in [2.75, 3.05) is 7.05 Å². The van der Waals surface area contributed by atoms with Crippen molar-refractivity contribution in [2.24, 2.45) is 15.0 Å². The first-order chi connectivity index (χ1) is 31.1. The number of carbonyl (C=O) groups is 1. The Morgan fingerprint density at radius 1 is 0.429 bits per heavy atom. The van der Waals surface area contributed by atoms with Crippen LogP contribution in [0, 0.1) is 0 Å². The predicted octanol–water partition coefficient (Wildman–Crippen LogP) is 12.6. The number of rotatable bonds is 10. The van der Waals surface area contributed by atoms with Crippen LogP contribution in [0.1, 0.15) is 27.0 Å². The Bertz CT molecular complexity index is 3170. The molecule has 0 spiro atoms. The Morgan fingerprint density at radius 3 is 1.43 bits per heavy atom. The van der Waals surface area contributed by atoms with Gasteiger partial charge in [-0.05, 0) is 75.5 Å². The van der Waals surface area contributed by atoms with E-state index in [9.17, 15) is 4.79 Å². The maximum Gasteiger partial charge on any atom is 0.194 e. The molecule has 0 aliphatic heterocycles. The Balaban J connectivity index is 1.01. The van der Waals surface area contributed by atoms with Gasteiger partial charge in [-0.2, -0.15) is 0 Å². The molecule has 0 fully saturated rings. The summed E-state index contributed by atoms with van der Waals surface area (Å²) in [4.78, 5) is 42.0. The standard InChI is InChI=1S/C56H40N6O/c1-57-53(38-17-5-3-6-18-38)61-54(58-2)46-27-15-23-42(35-46)40-21-13-25-44(33-40)48-29-9-11-31-50(48)52(63)51-32-12-10-30-49(51)45-26-14-22-41(34-45)43-24-16-28-47(36-43)56-60-37-59-55(62-56)39-19-7-4-8-20-39/h3-37H,1H2,2H3/b58-54-,61-53-. The molecule has 0 aliphatic carbocycles. The summed E-state index contributed by atoms with van der Waals surface area (Å²) >= 11 is 0. The van der Waals surface area contributed by atoms with E-state index in [1.165, 1.54) is 0 Å². The van der Waals surface area contributed by atoms with Crippen LogP contribution in [0.5, 0.6) is 0 Å². The van der Waals surface area contributed by atoms with Gasteiger partial charge in [0.1, 0.15) is 6.33 Å². The Morgan fingerprint density at radius 2 is 0.857 bits per heavy atom. The molecule has 0 saturated heterocycles. The molecule has 0 atom stereocenters. The molecule has 0 bridgehead atoms. The number of hydrogen-bond donors (Lipinski definition) is 0. The number of amidine groups is 2. The van der Waals surface area contributed by atoms with Crippen LogP contribution in [0.15, 0.2) is 228 Å². The van der Waals surface area contributed by atoms with Gasteiger partial charge in [0.2, 0.25) is 0 Å². The summed E-state index contributed by atoms with van der Waals surface area (Å²) in [7, 11) is 1.72. The van der Waals surface area contributed by atoms with E-state index >= 15 is 0 Å². The molecule has 8 aromatic carbocycles. The second kappa shape index (κ2) is 18.4. The molecule has 1 aromatic heterocycles. The van der Waals surface area contributed by atoms with Crippen molar-refractivity contribution in [3.05, 3.63) is 235 Å². The largest absolute Gasteiger partial charge is 0.289 e. The first-order valence-corrected chi connectivity index (χ1v) is 20.5. The van der Waals surface area contributed by atoms with E-state index in [0.717, 1.165) is 66.8 Å². The van der Waals surface area contributed by atoms with Crippen molar-refractivity contribution < 1.29 is 4.79 Å². The normalized spacial score (nSPS) is 11.6. The van der Waals surface area contributed by atoms with Crippen LogP contribution >= 0.6 is 0 Å². The van der Waals surface area contributed by atoms with Crippen molar-refractivity contribution in [2.45, 2.75) is 0 Å². The average molecular weight is 813 g/mol. The lowest BCUT2D eigenvalue weighted by Gasteiger charge is -2.14. The lowest BCUT2D eigenvalue weighted by molar-refractivity contribution is 0.104. The van der Waals surface area contributed by atoms with Gasteiger partial charge in [-0.15, -0.1) is 0 Å². The SMILES string of the molecule is C=N/C(=N\C(=N/C)c1cccc(-c2cccc(-c3ccccc3C(=O)c3ccccc3-c3cccc(-c4cccc(-c5ncnc(-c6ccccc6)n5)c4)c3)c2)c1)c1ccccc1. The molecule has 0 N–H and O–H groups in total. The Hall–Kier alpha value is -8.55. The maximum absolute atomic E-state index is 14.8. The summed E-state index contributed by atoms with van der Waals surface area (Å²) in [5, 5.41) is 0. The van der Waals surface area contributed by atoms with E-state index in [2.05, 4.69) is 81.3 Å².